The first-order valence-electron chi connectivity index (χ1n) is 8.99. The van der Waals surface area contributed by atoms with Crippen molar-refractivity contribution in [1.82, 2.24) is 10.2 Å². The largest absolute Gasteiger partial charge is 0.356 e. The molecule has 1 fully saturated rings. The Bertz CT molecular complexity index is 664. The van der Waals surface area contributed by atoms with E-state index in [4.69, 9.17) is 11.6 Å². The van der Waals surface area contributed by atoms with E-state index in [1.165, 1.54) is 11.1 Å². The minimum absolute atomic E-state index is 0.150. The first-order valence-corrected chi connectivity index (χ1v) is 9.37. The van der Waals surface area contributed by atoms with Crippen LogP contribution in [0.5, 0.6) is 0 Å². The molecule has 1 saturated heterocycles. The van der Waals surface area contributed by atoms with Crippen molar-refractivity contribution in [3.8, 4) is 0 Å². The first kappa shape index (κ1) is 18.0. The number of amides is 1. The fourth-order valence-corrected chi connectivity index (χ4v) is 3.45. The molecule has 1 aliphatic heterocycles. The Morgan fingerprint density at radius 3 is 2.36 bits per heavy atom. The van der Waals surface area contributed by atoms with Crippen molar-refractivity contribution in [2.45, 2.75) is 25.8 Å². The third-order valence-corrected chi connectivity index (χ3v) is 5.09. The van der Waals surface area contributed by atoms with Crippen LogP contribution in [0.3, 0.4) is 0 Å². The number of likely N-dealkylation sites (tertiary alicyclic amines) is 1. The van der Waals surface area contributed by atoms with E-state index < -0.39 is 0 Å². The molecule has 0 atom stereocenters. The lowest BCUT2D eigenvalue weighted by atomic mass is 9.95. The normalized spacial score (nSPS) is 15.9. The van der Waals surface area contributed by atoms with Gasteiger partial charge in [0.25, 0.3) is 0 Å². The van der Waals surface area contributed by atoms with Gasteiger partial charge in [-0.15, -0.1) is 0 Å². The molecule has 0 spiro atoms. The second-order valence-corrected chi connectivity index (χ2v) is 7.14. The highest BCUT2D eigenvalue weighted by molar-refractivity contribution is 6.30. The molecule has 132 valence electrons. The third-order valence-electron chi connectivity index (χ3n) is 4.83. The summed E-state index contributed by atoms with van der Waals surface area (Å²) in [5, 5.41) is 3.87. The van der Waals surface area contributed by atoms with Gasteiger partial charge in [-0.2, -0.15) is 0 Å². The van der Waals surface area contributed by atoms with Gasteiger partial charge in [-0.3, -0.25) is 9.69 Å². The van der Waals surface area contributed by atoms with Gasteiger partial charge in [-0.05, 0) is 55.6 Å². The molecular formula is C21H25ClN2O. The maximum absolute atomic E-state index is 12.3. The zero-order valence-electron chi connectivity index (χ0n) is 14.5. The molecule has 0 radical (unpaired) electrons. The topological polar surface area (TPSA) is 32.3 Å². The number of hydrogen-bond acceptors (Lipinski definition) is 2. The van der Waals surface area contributed by atoms with Gasteiger partial charge in [0.05, 0.1) is 0 Å². The van der Waals surface area contributed by atoms with Gasteiger partial charge in [0, 0.05) is 24.0 Å². The lowest BCUT2D eigenvalue weighted by Gasteiger charge is -2.31. The van der Waals surface area contributed by atoms with Crippen LogP contribution in [0, 0.1) is 5.92 Å². The minimum Gasteiger partial charge on any atom is -0.356 e. The van der Waals surface area contributed by atoms with Gasteiger partial charge in [0.15, 0.2) is 0 Å². The molecular weight excluding hydrogens is 332 g/mol. The van der Waals surface area contributed by atoms with E-state index in [9.17, 15) is 4.79 Å². The van der Waals surface area contributed by atoms with Crippen molar-refractivity contribution >= 4 is 17.5 Å². The van der Waals surface area contributed by atoms with Crippen LogP contribution in [0.1, 0.15) is 24.0 Å². The standard InChI is InChI=1S/C21H25ClN2O/c22-20-8-6-18(7-9-20)16-24-14-11-19(12-15-24)21(25)23-13-10-17-4-2-1-3-5-17/h1-9,19H,10-16H2,(H,23,25). The molecule has 4 heteroatoms. The molecule has 3 nitrogen and oxygen atoms in total. The highest BCUT2D eigenvalue weighted by Gasteiger charge is 2.24. The second kappa shape index (κ2) is 9.02. The molecule has 0 saturated carbocycles. The smallest absolute Gasteiger partial charge is 0.223 e. The van der Waals surface area contributed by atoms with E-state index in [-0.39, 0.29) is 11.8 Å². The molecule has 1 N–H and O–H groups in total. The van der Waals surface area contributed by atoms with E-state index in [0.717, 1.165) is 43.9 Å². The number of nitrogens with zero attached hydrogens (tertiary/aromatic N) is 1. The first-order chi connectivity index (χ1) is 12.2. The Balaban J connectivity index is 1.38. The van der Waals surface area contributed by atoms with Gasteiger partial charge in [-0.25, -0.2) is 0 Å². The zero-order valence-corrected chi connectivity index (χ0v) is 15.2. The van der Waals surface area contributed by atoms with Gasteiger partial charge in [-0.1, -0.05) is 54.1 Å². The fourth-order valence-electron chi connectivity index (χ4n) is 3.32. The van der Waals surface area contributed by atoms with Crippen LogP contribution in [0.2, 0.25) is 5.02 Å². The molecule has 2 aromatic rings. The Hall–Kier alpha value is -1.84. The fraction of sp³-hybridized carbons (Fsp3) is 0.381. The quantitative estimate of drug-likeness (QED) is 0.851. The molecule has 0 aliphatic carbocycles. The number of carbonyl (C=O) groups excluding carboxylic acids is 1. The minimum atomic E-state index is 0.150. The predicted octanol–water partition coefficient (Wildman–Crippen LogP) is 3.91. The lowest BCUT2D eigenvalue weighted by Crippen LogP contribution is -2.40. The number of piperidine rings is 1. The average molecular weight is 357 g/mol. The second-order valence-electron chi connectivity index (χ2n) is 6.70. The third kappa shape index (κ3) is 5.58. The number of carbonyl (C=O) groups is 1. The summed E-state index contributed by atoms with van der Waals surface area (Å²) in [6, 6.07) is 18.3. The summed E-state index contributed by atoms with van der Waals surface area (Å²) < 4.78 is 0. The summed E-state index contributed by atoms with van der Waals surface area (Å²) in [5.74, 6) is 0.360. The number of hydrogen-bond donors (Lipinski definition) is 1. The summed E-state index contributed by atoms with van der Waals surface area (Å²) in [4.78, 5) is 14.8. The molecule has 0 bridgehead atoms. The van der Waals surface area contributed by atoms with Crippen molar-refractivity contribution in [2.24, 2.45) is 5.92 Å². The van der Waals surface area contributed by atoms with E-state index in [2.05, 4.69) is 34.5 Å². The van der Waals surface area contributed by atoms with Gasteiger partial charge >= 0.3 is 0 Å². The van der Waals surface area contributed by atoms with Crippen molar-refractivity contribution in [2.75, 3.05) is 19.6 Å². The van der Waals surface area contributed by atoms with Crippen molar-refractivity contribution in [3.05, 3.63) is 70.7 Å². The number of nitrogens with one attached hydrogen (secondary N) is 1. The van der Waals surface area contributed by atoms with Crippen LogP contribution in [0.4, 0.5) is 0 Å². The van der Waals surface area contributed by atoms with E-state index in [0.29, 0.717) is 6.54 Å². The van der Waals surface area contributed by atoms with E-state index >= 15 is 0 Å². The summed E-state index contributed by atoms with van der Waals surface area (Å²) in [5.41, 5.74) is 2.54. The SMILES string of the molecule is O=C(NCCc1ccccc1)C1CCN(Cc2ccc(Cl)cc2)CC1. The van der Waals surface area contributed by atoms with Crippen LogP contribution >= 0.6 is 11.6 Å². The van der Waals surface area contributed by atoms with E-state index in [1.54, 1.807) is 0 Å². The number of benzene rings is 2. The Morgan fingerprint density at radius 1 is 1.00 bits per heavy atom. The molecule has 25 heavy (non-hydrogen) atoms. The van der Waals surface area contributed by atoms with Gasteiger partial charge in [0.1, 0.15) is 0 Å². The molecule has 0 unspecified atom stereocenters. The average Bonchev–Trinajstić information content (AvgIpc) is 2.65. The summed E-state index contributed by atoms with van der Waals surface area (Å²) in [6.07, 6.45) is 2.76. The molecule has 1 aliphatic rings. The molecule has 0 aromatic heterocycles. The Labute approximate surface area is 155 Å². The van der Waals surface area contributed by atoms with Gasteiger partial charge < -0.3 is 5.32 Å². The van der Waals surface area contributed by atoms with Crippen molar-refractivity contribution in [3.63, 3.8) is 0 Å². The van der Waals surface area contributed by atoms with Crippen molar-refractivity contribution < 1.29 is 4.79 Å². The molecule has 1 amide bonds. The summed E-state index contributed by atoms with van der Waals surface area (Å²) in [6.45, 7) is 3.59. The number of rotatable bonds is 6. The molecule has 3 rings (SSSR count). The maximum atomic E-state index is 12.3. The number of halogens is 1. The van der Waals surface area contributed by atoms with Gasteiger partial charge in [0.2, 0.25) is 5.91 Å². The predicted molar refractivity (Wildman–Crippen MR) is 103 cm³/mol. The van der Waals surface area contributed by atoms with Crippen molar-refractivity contribution in [1.29, 1.82) is 0 Å². The zero-order chi connectivity index (χ0) is 17.5. The highest BCUT2D eigenvalue weighted by Crippen LogP contribution is 2.20. The summed E-state index contributed by atoms with van der Waals surface area (Å²) in [7, 11) is 0. The Morgan fingerprint density at radius 2 is 1.68 bits per heavy atom. The molecule has 1 heterocycles. The summed E-state index contributed by atoms with van der Waals surface area (Å²) >= 11 is 5.93. The van der Waals surface area contributed by atoms with E-state index in [1.807, 2.05) is 30.3 Å². The van der Waals surface area contributed by atoms with Crippen LogP contribution in [-0.2, 0) is 17.8 Å². The maximum Gasteiger partial charge on any atom is 0.223 e. The monoisotopic (exact) mass is 356 g/mol. The van der Waals surface area contributed by atoms with Crippen LogP contribution in [0.15, 0.2) is 54.6 Å². The van der Waals surface area contributed by atoms with Crippen LogP contribution < -0.4 is 5.32 Å². The highest BCUT2D eigenvalue weighted by atomic mass is 35.5. The van der Waals surface area contributed by atoms with Crippen LogP contribution in [0.25, 0.3) is 0 Å². The van der Waals surface area contributed by atoms with Crippen LogP contribution in [-0.4, -0.2) is 30.4 Å². The Kier molecular flexibility index (Phi) is 6.48. The molecule has 2 aromatic carbocycles. The lowest BCUT2D eigenvalue weighted by molar-refractivity contribution is -0.126.